The zero-order chi connectivity index (χ0) is 13.3. The molecule has 0 aliphatic carbocycles. The first-order chi connectivity index (χ1) is 7.63. The highest BCUT2D eigenvalue weighted by atomic mass is 32.2. The largest absolute Gasteiger partial charge is 0.398 e. The number of nitrogens with one attached hydrogen (secondary N) is 1. The van der Waals surface area contributed by atoms with Gasteiger partial charge in [-0.05, 0) is 38.5 Å². The van der Waals surface area contributed by atoms with E-state index in [1.165, 1.54) is 19.9 Å². The second-order valence-electron chi connectivity index (χ2n) is 4.61. The van der Waals surface area contributed by atoms with Gasteiger partial charge in [-0.1, -0.05) is 6.07 Å². The Kier molecular flexibility index (Phi) is 3.81. The van der Waals surface area contributed by atoms with E-state index in [2.05, 4.69) is 4.72 Å². The summed E-state index contributed by atoms with van der Waals surface area (Å²) in [6.45, 7) is 4.65. The summed E-state index contributed by atoms with van der Waals surface area (Å²) in [5.74, 6) is 0. The molecule has 0 saturated carbocycles. The Hall–Kier alpha value is -1.11. The minimum atomic E-state index is -3.64. The van der Waals surface area contributed by atoms with E-state index < -0.39 is 15.6 Å². The molecule has 1 aromatic rings. The Labute approximate surface area is 102 Å². The van der Waals surface area contributed by atoms with Crippen molar-refractivity contribution in [2.75, 3.05) is 12.3 Å². The number of nitrogens with two attached hydrogens (primary N) is 1. The van der Waals surface area contributed by atoms with Gasteiger partial charge in [-0.25, -0.2) is 13.1 Å². The van der Waals surface area contributed by atoms with Crippen molar-refractivity contribution in [3.63, 3.8) is 0 Å². The molecule has 0 aliphatic rings. The molecule has 4 N–H and O–H groups in total. The fourth-order valence-electron chi connectivity index (χ4n) is 1.27. The van der Waals surface area contributed by atoms with Gasteiger partial charge in [0.25, 0.3) is 0 Å². The van der Waals surface area contributed by atoms with Gasteiger partial charge in [0, 0.05) is 12.2 Å². The van der Waals surface area contributed by atoms with E-state index >= 15 is 0 Å². The minimum absolute atomic E-state index is 0.0520. The van der Waals surface area contributed by atoms with Crippen molar-refractivity contribution in [2.24, 2.45) is 0 Å². The molecule has 0 aliphatic heterocycles. The molecule has 96 valence electrons. The summed E-state index contributed by atoms with van der Waals surface area (Å²) in [6, 6.07) is 4.71. The summed E-state index contributed by atoms with van der Waals surface area (Å²) in [4.78, 5) is 0.141. The van der Waals surface area contributed by atoms with Crippen LogP contribution in [0.1, 0.15) is 19.4 Å². The number of nitrogen functional groups attached to an aromatic ring is 1. The van der Waals surface area contributed by atoms with E-state index in [0.29, 0.717) is 11.3 Å². The van der Waals surface area contributed by atoms with Crippen molar-refractivity contribution in [3.05, 3.63) is 23.8 Å². The van der Waals surface area contributed by atoms with Crippen molar-refractivity contribution in [3.8, 4) is 0 Å². The standard InChI is InChI=1S/C11H18N2O3S/c1-8-9(12)5-4-6-10(8)17(15,16)13-7-11(2,3)14/h4-6,13-14H,7,12H2,1-3H3. The molecule has 1 aromatic carbocycles. The van der Waals surface area contributed by atoms with E-state index in [0.717, 1.165) is 0 Å². The van der Waals surface area contributed by atoms with Crippen molar-refractivity contribution in [1.29, 1.82) is 0 Å². The van der Waals surface area contributed by atoms with Gasteiger partial charge < -0.3 is 10.8 Å². The van der Waals surface area contributed by atoms with Crippen LogP contribution in [0, 0.1) is 6.92 Å². The van der Waals surface area contributed by atoms with Gasteiger partial charge in [0.15, 0.2) is 0 Å². The van der Waals surface area contributed by atoms with E-state index in [-0.39, 0.29) is 11.4 Å². The molecule has 17 heavy (non-hydrogen) atoms. The van der Waals surface area contributed by atoms with E-state index in [1.54, 1.807) is 19.1 Å². The number of benzene rings is 1. The third-order valence-corrected chi connectivity index (χ3v) is 3.86. The minimum Gasteiger partial charge on any atom is -0.398 e. The first-order valence-corrected chi connectivity index (χ1v) is 6.69. The fraction of sp³-hybridized carbons (Fsp3) is 0.455. The molecule has 0 fully saturated rings. The van der Waals surface area contributed by atoms with Crippen molar-refractivity contribution in [1.82, 2.24) is 4.72 Å². The maximum Gasteiger partial charge on any atom is 0.241 e. The predicted octanol–water partition coefficient (Wildman–Crippen LogP) is 0.626. The summed E-state index contributed by atoms with van der Waals surface area (Å²) < 4.78 is 26.3. The monoisotopic (exact) mass is 258 g/mol. The number of rotatable bonds is 4. The Morgan fingerprint density at radius 2 is 2.00 bits per heavy atom. The number of hydrogen-bond donors (Lipinski definition) is 3. The van der Waals surface area contributed by atoms with Crippen LogP contribution in [-0.2, 0) is 10.0 Å². The smallest absolute Gasteiger partial charge is 0.241 e. The highest BCUT2D eigenvalue weighted by Gasteiger charge is 2.21. The van der Waals surface area contributed by atoms with Crippen molar-refractivity contribution < 1.29 is 13.5 Å². The lowest BCUT2D eigenvalue weighted by Gasteiger charge is -2.18. The number of anilines is 1. The van der Waals surface area contributed by atoms with E-state index in [1.807, 2.05) is 0 Å². The van der Waals surface area contributed by atoms with Gasteiger partial charge in [-0.2, -0.15) is 0 Å². The molecule has 0 aromatic heterocycles. The van der Waals surface area contributed by atoms with Crippen molar-refractivity contribution >= 4 is 15.7 Å². The van der Waals surface area contributed by atoms with Gasteiger partial charge in [-0.15, -0.1) is 0 Å². The normalized spacial score (nSPS) is 12.7. The average Bonchev–Trinajstić information content (AvgIpc) is 2.18. The third-order valence-electron chi connectivity index (χ3n) is 2.31. The number of aliphatic hydroxyl groups is 1. The molecule has 6 heteroatoms. The third kappa shape index (κ3) is 3.69. The molecule has 0 saturated heterocycles. The zero-order valence-electron chi connectivity index (χ0n) is 10.2. The summed E-state index contributed by atoms with van der Waals surface area (Å²) in [5, 5.41) is 9.50. The summed E-state index contributed by atoms with van der Waals surface area (Å²) in [6.07, 6.45) is 0. The molecule has 0 amide bonds. The molecule has 0 unspecified atom stereocenters. The molecule has 0 atom stereocenters. The molecular formula is C11H18N2O3S. The van der Waals surface area contributed by atoms with Gasteiger partial charge in [0.05, 0.1) is 10.5 Å². The van der Waals surface area contributed by atoms with Gasteiger partial charge in [0.2, 0.25) is 10.0 Å². The van der Waals surface area contributed by atoms with Crippen LogP contribution in [-0.4, -0.2) is 25.7 Å². The first kappa shape index (κ1) is 14.0. The van der Waals surface area contributed by atoms with E-state index in [9.17, 15) is 13.5 Å². The van der Waals surface area contributed by atoms with Crippen LogP contribution >= 0.6 is 0 Å². The predicted molar refractivity (Wildman–Crippen MR) is 67.1 cm³/mol. The number of hydrogen-bond acceptors (Lipinski definition) is 4. The highest BCUT2D eigenvalue weighted by molar-refractivity contribution is 7.89. The van der Waals surface area contributed by atoms with Crippen molar-refractivity contribution in [2.45, 2.75) is 31.3 Å². The van der Waals surface area contributed by atoms with Crippen LogP contribution in [0.25, 0.3) is 0 Å². The van der Waals surface area contributed by atoms with Crippen LogP contribution in [0.4, 0.5) is 5.69 Å². The van der Waals surface area contributed by atoms with Crippen LogP contribution in [0.15, 0.2) is 23.1 Å². The Morgan fingerprint density at radius 1 is 1.41 bits per heavy atom. The maximum atomic E-state index is 12.0. The lowest BCUT2D eigenvalue weighted by atomic mass is 10.1. The van der Waals surface area contributed by atoms with E-state index in [4.69, 9.17) is 5.73 Å². The Morgan fingerprint density at radius 3 is 2.53 bits per heavy atom. The Balaban J connectivity index is 3.02. The van der Waals surface area contributed by atoms with Crippen LogP contribution < -0.4 is 10.5 Å². The maximum absolute atomic E-state index is 12.0. The van der Waals surface area contributed by atoms with Crippen LogP contribution in [0.3, 0.4) is 0 Å². The summed E-state index contributed by atoms with van der Waals surface area (Å²) in [7, 11) is -3.64. The number of sulfonamides is 1. The lowest BCUT2D eigenvalue weighted by Crippen LogP contribution is -2.38. The average molecular weight is 258 g/mol. The lowest BCUT2D eigenvalue weighted by molar-refractivity contribution is 0.0857. The van der Waals surface area contributed by atoms with Gasteiger partial charge >= 0.3 is 0 Å². The van der Waals surface area contributed by atoms with Gasteiger partial charge in [-0.3, -0.25) is 0 Å². The summed E-state index contributed by atoms with van der Waals surface area (Å²) >= 11 is 0. The van der Waals surface area contributed by atoms with Crippen LogP contribution in [0.2, 0.25) is 0 Å². The molecule has 0 spiro atoms. The van der Waals surface area contributed by atoms with Gasteiger partial charge in [0.1, 0.15) is 0 Å². The molecule has 0 heterocycles. The highest BCUT2D eigenvalue weighted by Crippen LogP contribution is 2.20. The second-order valence-corrected chi connectivity index (χ2v) is 6.34. The molecule has 1 rings (SSSR count). The molecule has 0 radical (unpaired) electrons. The SMILES string of the molecule is Cc1c(N)cccc1S(=O)(=O)NCC(C)(C)O. The topological polar surface area (TPSA) is 92.4 Å². The molecular weight excluding hydrogens is 240 g/mol. The fourth-order valence-corrected chi connectivity index (χ4v) is 2.75. The molecule has 0 bridgehead atoms. The molecule has 5 nitrogen and oxygen atoms in total. The zero-order valence-corrected chi connectivity index (χ0v) is 11.0. The second kappa shape index (κ2) is 4.64. The first-order valence-electron chi connectivity index (χ1n) is 5.20. The Bertz CT molecular complexity index is 504. The van der Waals surface area contributed by atoms with Crippen LogP contribution in [0.5, 0.6) is 0 Å². The quantitative estimate of drug-likeness (QED) is 0.690. The summed E-state index contributed by atoms with van der Waals surface area (Å²) in [5.41, 5.74) is 5.50.